The molecule has 1 unspecified atom stereocenters. The number of benzene rings is 1. The van der Waals surface area contributed by atoms with E-state index in [4.69, 9.17) is 0 Å². The fourth-order valence-corrected chi connectivity index (χ4v) is 3.24. The molecule has 114 valence electrons. The third kappa shape index (κ3) is 4.31. The Bertz CT molecular complexity index is 450. The molecular formula is C18H26N2O. The van der Waals surface area contributed by atoms with Gasteiger partial charge >= 0.3 is 0 Å². The Kier molecular flexibility index (Phi) is 4.91. The van der Waals surface area contributed by atoms with Crippen LogP contribution in [0, 0.1) is 5.92 Å². The van der Waals surface area contributed by atoms with E-state index in [9.17, 15) is 4.79 Å². The summed E-state index contributed by atoms with van der Waals surface area (Å²) >= 11 is 0. The summed E-state index contributed by atoms with van der Waals surface area (Å²) in [4.78, 5) is 14.8. The number of hydrogen-bond donors (Lipinski definition) is 1. The molecule has 1 N–H and O–H groups in total. The van der Waals surface area contributed by atoms with Gasteiger partial charge in [0, 0.05) is 19.0 Å². The van der Waals surface area contributed by atoms with Gasteiger partial charge in [-0.15, -0.1) is 0 Å². The van der Waals surface area contributed by atoms with Gasteiger partial charge in [-0.1, -0.05) is 30.3 Å². The van der Waals surface area contributed by atoms with Crippen molar-refractivity contribution in [2.75, 3.05) is 19.6 Å². The molecule has 3 heteroatoms. The summed E-state index contributed by atoms with van der Waals surface area (Å²) in [6, 6.07) is 10.9. The predicted octanol–water partition coefficient (Wildman–Crippen LogP) is 2.61. The van der Waals surface area contributed by atoms with E-state index in [0.717, 1.165) is 26.1 Å². The molecule has 1 aromatic carbocycles. The first-order valence-electron chi connectivity index (χ1n) is 8.37. The van der Waals surface area contributed by atoms with Gasteiger partial charge in [-0.2, -0.15) is 0 Å². The molecular weight excluding hydrogens is 260 g/mol. The van der Waals surface area contributed by atoms with Gasteiger partial charge in [-0.05, 0) is 56.7 Å². The summed E-state index contributed by atoms with van der Waals surface area (Å²) < 4.78 is 0. The van der Waals surface area contributed by atoms with Crippen molar-refractivity contribution in [3.63, 3.8) is 0 Å². The first kappa shape index (κ1) is 14.6. The van der Waals surface area contributed by atoms with Crippen molar-refractivity contribution in [1.82, 2.24) is 10.2 Å². The minimum atomic E-state index is 0.354. The predicted molar refractivity (Wildman–Crippen MR) is 85.1 cm³/mol. The zero-order valence-electron chi connectivity index (χ0n) is 12.8. The maximum atomic E-state index is 12.6. The number of carbonyl (C=O) groups is 1. The lowest BCUT2D eigenvalue weighted by Crippen LogP contribution is -2.42. The average Bonchev–Trinajstić information content (AvgIpc) is 3.37. The molecule has 1 amide bonds. The number of piperidine rings is 1. The second-order valence-corrected chi connectivity index (χ2v) is 6.48. The number of aryl methyl sites for hydroxylation is 1. The van der Waals surface area contributed by atoms with Crippen molar-refractivity contribution in [1.29, 1.82) is 0 Å². The van der Waals surface area contributed by atoms with E-state index in [1.807, 2.05) is 18.2 Å². The fraction of sp³-hybridized carbons (Fsp3) is 0.611. The lowest BCUT2D eigenvalue weighted by Gasteiger charge is -2.30. The van der Waals surface area contributed by atoms with Crippen LogP contribution in [0.2, 0.25) is 0 Å². The van der Waals surface area contributed by atoms with Crippen LogP contribution in [0.15, 0.2) is 30.3 Å². The summed E-state index contributed by atoms with van der Waals surface area (Å²) in [6.07, 6.45) is 6.45. The SMILES string of the molecule is O=C(CCc1ccccc1)N(CC1CCCNC1)C1CC1. The minimum Gasteiger partial charge on any atom is -0.339 e. The van der Waals surface area contributed by atoms with E-state index < -0.39 is 0 Å². The maximum Gasteiger partial charge on any atom is 0.223 e. The summed E-state index contributed by atoms with van der Waals surface area (Å²) in [5.41, 5.74) is 1.26. The van der Waals surface area contributed by atoms with Crippen molar-refractivity contribution in [2.24, 2.45) is 5.92 Å². The van der Waals surface area contributed by atoms with Gasteiger partial charge < -0.3 is 10.2 Å². The first-order valence-corrected chi connectivity index (χ1v) is 8.37. The van der Waals surface area contributed by atoms with Gasteiger partial charge in [-0.3, -0.25) is 4.79 Å². The van der Waals surface area contributed by atoms with E-state index in [1.165, 1.54) is 31.2 Å². The van der Waals surface area contributed by atoms with Gasteiger partial charge in [0.2, 0.25) is 5.91 Å². The standard InChI is InChI=1S/C18H26N2O/c21-18(11-8-15-5-2-1-3-6-15)20(17-9-10-17)14-16-7-4-12-19-13-16/h1-3,5-6,16-17,19H,4,7-14H2. The monoisotopic (exact) mass is 286 g/mol. The number of rotatable bonds is 6. The zero-order valence-corrected chi connectivity index (χ0v) is 12.8. The van der Waals surface area contributed by atoms with Crippen molar-refractivity contribution in [3.8, 4) is 0 Å². The molecule has 1 atom stereocenters. The average molecular weight is 286 g/mol. The van der Waals surface area contributed by atoms with Gasteiger partial charge in [0.05, 0.1) is 0 Å². The molecule has 1 aromatic rings. The maximum absolute atomic E-state index is 12.6. The highest BCUT2D eigenvalue weighted by Crippen LogP contribution is 2.29. The van der Waals surface area contributed by atoms with Crippen molar-refractivity contribution in [2.45, 2.75) is 44.6 Å². The van der Waals surface area contributed by atoms with Crippen molar-refractivity contribution < 1.29 is 4.79 Å². The third-order valence-corrected chi connectivity index (χ3v) is 4.63. The fourth-order valence-electron chi connectivity index (χ4n) is 3.24. The quantitative estimate of drug-likeness (QED) is 0.872. The molecule has 3 nitrogen and oxygen atoms in total. The topological polar surface area (TPSA) is 32.3 Å². The minimum absolute atomic E-state index is 0.354. The highest BCUT2D eigenvalue weighted by atomic mass is 16.2. The van der Waals surface area contributed by atoms with Crippen LogP contribution in [-0.4, -0.2) is 36.5 Å². The molecule has 0 bridgehead atoms. The molecule has 0 aromatic heterocycles. The molecule has 2 fully saturated rings. The number of nitrogens with one attached hydrogen (secondary N) is 1. The molecule has 3 rings (SSSR count). The second kappa shape index (κ2) is 7.08. The van der Waals surface area contributed by atoms with Crippen molar-refractivity contribution in [3.05, 3.63) is 35.9 Å². The van der Waals surface area contributed by atoms with E-state index in [1.54, 1.807) is 0 Å². The normalized spacial score (nSPS) is 22.0. The van der Waals surface area contributed by atoms with Gasteiger partial charge in [-0.25, -0.2) is 0 Å². The molecule has 1 aliphatic carbocycles. The second-order valence-electron chi connectivity index (χ2n) is 6.48. The lowest BCUT2D eigenvalue weighted by molar-refractivity contribution is -0.132. The Morgan fingerprint density at radius 3 is 2.67 bits per heavy atom. The van der Waals surface area contributed by atoms with Crippen molar-refractivity contribution >= 4 is 5.91 Å². The van der Waals surface area contributed by atoms with Gasteiger partial charge in [0.25, 0.3) is 0 Å². The van der Waals surface area contributed by atoms with E-state index in [0.29, 0.717) is 24.3 Å². The van der Waals surface area contributed by atoms with Crippen LogP contribution in [0.5, 0.6) is 0 Å². The largest absolute Gasteiger partial charge is 0.339 e. The zero-order chi connectivity index (χ0) is 14.5. The molecule has 1 saturated heterocycles. The van der Waals surface area contributed by atoms with Crippen LogP contribution in [0.1, 0.15) is 37.7 Å². The molecule has 0 spiro atoms. The van der Waals surface area contributed by atoms with Crippen LogP contribution >= 0.6 is 0 Å². The molecule has 0 radical (unpaired) electrons. The number of amides is 1. The Morgan fingerprint density at radius 2 is 2.00 bits per heavy atom. The van der Waals surface area contributed by atoms with Gasteiger partial charge in [0.1, 0.15) is 0 Å². The van der Waals surface area contributed by atoms with Crippen LogP contribution in [0.4, 0.5) is 0 Å². The van der Waals surface area contributed by atoms with E-state index >= 15 is 0 Å². The summed E-state index contributed by atoms with van der Waals surface area (Å²) in [7, 11) is 0. The highest BCUT2D eigenvalue weighted by Gasteiger charge is 2.33. The van der Waals surface area contributed by atoms with Crippen LogP contribution in [0.25, 0.3) is 0 Å². The Labute approximate surface area is 127 Å². The molecule has 1 saturated carbocycles. The van der Waals surface area contributed by atoms with E-state index in [-0.39, 0.29) is 0 Å². The first-order chi connectivity index (χ1) is 10.3. The molecule has 1 aliphatic heterocycles. The lowest BCUT2D eigenvalue weighted by atomic mass is 9.98. The van der Waals surface area contributed by atoms with Gasteiger partial charge in [0.15, 0.2) is 0 Å². The smallest absolute Gasteiger partial charge is 0.223 e. The van der Waals surface area contributed by atoms with Crippen LogP contribution in [0.3, 0.4) is 0 Å². The molecule has 1 heterocycles. The third-order valence-electron chi connectivity index (χ3n) is 4.63. The molecule has 2 aliphatic rings. The molecule has 21 heavy (non-hydrogen) atoms. The van der Waals surface area contributed by atoms with E-state index in [2.05, 4.69) is 22.3 Å². The summed E-state index contributed by atoms with van der Waals surface area (Å²) in [5, 5.41) is 3.46. The number of carbonyl (C=O) groups excluding carboxylic acids is 1. The Hall–Kier alpha value is -1.35. The number of hydrogen-bond acceptors (Lipinski definition) is 2. The summed E-state index contributed by atoms with van der Waals surface area (Å²) in [5.74, 6) is 1.01. The Balaban J connectivity index is 1.52. The highest BCUT2D eigenvalue weighted by molar-refractivity contribution is 5.77. The summed E-state index contributed by atoms with van der Waals surface area (Å²) in [6.45, 7) is 3.18. The number of nitrogens with zero attached hydrogens (tertiary/aromatic N) is 1. The van der Waals surface area contributed by atoms with Crippen LogP contribution in [-0.2, 0) is 11.2 Å². The van der Waals surface area contributed by atoms with Crippen LogP contribution < -0.4 is 5.32 Å². The Morgan fingerprint density at radius 1 is 1.19 bits per heavy atom.